The molecule has 2 rings (SSSR count). The number of hydrogen-bond acceptors (Lipinski definition) is 3. The number of hydrogen-bond donors (Lipinski definition) is 1. The highest BCUT2D eigenvalue weighted by Crippen LogP contribution is 2.22. The molecule has 0 spiro atoms. The van der Waals surface area contributed by atoms with Gasteiger partial charge < -0.3 is 14.5 Å². The maximum atomic E-state index is 5.84. The summed E-state index contributed by atoms with van der Waals surface area (Å²) in [6.07, 6.45) is 0. The molecule has 0 unspecified atom stereocenters. The van der Waals surface area contributed by atoms with Crippen LogP contribution >= 0.6 is 0 Å². The molecule has 0 amide bonds. The quantitative estimate of drug-likeness (QED) is 0.819. The van der Waals surface area contributed by atoms with E-state index in [-0.39, 0.29) is 0 Å². The highest BCUT2D eigenvalue weighted by atomic mass is 16.5. The molecule has 1 N–H and O–H groups in total. The topological polar surface area (TPSA) is 34.4 Å². The normalized spacial score (nSPS) is 11.1. The molecule has 1 heterocycles. The minimum atomic E-state index is 0.467. The van der Waals surface area contributed by atoms with Gasteiger partial charge in [0, 0.05) is 12.1 Å². The van der Waals surface area contributed by atoms with Crippen LogP contribution < -0.4 is 10.1 Å². The van der Waals surface area contributed by atoms with Crippen molar-refractivity contribution in [1.82, 2.24) is 5.32 Å². The third kappa shape index (κ3) is 4.36. The van der Waals surface area contributed by atoms with E-state index in [1.54, 1.807) is 0 Å². The van der Waals surface area contributed by atoms with Crippen LogP contribution in [0.4, 0.5) is 0 Å². The minimum absolute atomic E-state index is 0.467. The molecule has 0 saturated heterocycles. The van der Waals surface area contributed by atoms with Crippen molar-refractivity contribution in [3.05, 3.63) is 53.0 Å². The molecule has 0 aliphatic carbocycles. The molecule has 0 atom stereocenters. The summed E-state index contributed by atoms with van der Waals surface area (Å²) < 4.78 is 11.6. The van der Waals surface area contributed by atoms with Gasteiger partial charge in [-0.05, 0) is 43.1 Å². The van der Waals surface area contributed by atoms with Crippen molar-refractivity contribution in [2.45, 2.75) is 46.8 Å². The predicted molar refractivity (Wildman–Crippen MR) is 85.7 cm³/mol. The first-order valence-electron chi connectivity index (χ1n) is 7.61. The molecule has 114 valence electrons. The summed E-state index contributed by atoms with van der Waals surface area (Å²) in [6, 6.07) is 10.3. The molecule has 0 bridgehead atoms. The van der Waals surface area contributed by atoms with Crippen LogP contribution in [0.1, 0.15) is 49.3 Å². The fraction of sp³-hybridized carbons (Fsp3) is 0.444. The number of benzene rings is 1. The average Bonchev–Trinajstić information content (AvgIpc) is 2.83. The van der Waals surface area contributed by atoms with Crippen LogP contribution in [-0.4, -0.2) is 6.54 Å². The van der Waals surface area contributed by atoms with E-state index in [0.717, 1.165) is 30.4 Å². The number of nitrogens with one attached hydrogen (secondary N) is 1. The summed E-state index contributed by atoms with van der Waals surface area (Å²) in [5.41, 5.74) is 2.49. The Balaban J connectivity index is 1.98. The van der Waals surface area contributed by atoms with Crippen LogP contribution in [0.3, 0.4) is 0 Å². The zero-order chi connectivity index (χ0) is 15.2. The SMILES string of the molecule is CCNCc1cc(COc2cccc(C(C)C)c2)oc1C. The Bertz CT molecular complexity index is 572. The summed E-state index contributed by atoms with van der Waals surface area (Å²) in [5.74, 6) is 3.23. The summed E-state index contributed by atoms with van der Waals surface area (Å²) in [7, 11) is 0. The van der Waals surface area contributed by atoms with Gasteiger partial charge >= 0.3 is 0 Å². The average molecular weight is 287 g/mol. The van der Waals surface area contributed by atoms with Crippen LogP contribution in [0, 0.1) is 6.92 Å². The first-order chi connectivity index (χ1) is 10.1. The summed E-state index contributed by atoms with van der Waals surface area (Å²) in [5, 5.41) is 3.31. The summed E-state index contributed by atoms with van der Waals surface area (Å²) in [6.45, 7) is 10.7. The van der Waals surface area contributed by atoms with Gasteiger partial charge in [-0.1, -0.05) is 32.9 Å². The van der Waals surface area contributed by atoms with Gasteiger partial charge in [0.2, 0.25) is 0 Å². The number of furan rings is 1. The van der Waals surface area contributed by atoms with Crippen molar-refractivity contribution in [3.63, 3.8) is 0 Å². The fourth-order valence-corrected chi connectivity index (χ4v) is 2.21. The molecule has 0 radical (unpaired) electrons. The standard InChI is InChI=1S/C18H25NO2/c1-5-19-11-16-10-18(21-14(16)4)12-20-17-8-6-7-15(9-17)13(2)3/h6-10,13,19H,5,11-12H2,1-4H3. The number of aryl methyl sites for hydroxylation is 1. The minimum Gasteiger partial charge on any atom is -0.486 e. The molecule has 2 aromatic rings. The van der Waals surface area contributed by atoms with Crippen molar-refractivity contribution in [1.29, 1.82) is 0 Å². The Morgan fingerprint density at radius 1 is 1.24 bits per heavy atom. The second-order valence-corrected chi connectivity index (χ2v) is 5.59. The highest BCUT2D eigenvalue weighted by molar-refractivity contribution is 5.30. The Morgan fingerprint density at radius 2 is 2.05 bits per heavy atom. The van der Waals surface area contributed by atoms with Gasteiger partial charge in [0.25, 0.3) is 0 Å². The van der Waals surface area contributed by atoms with Gasteiger partial charge in [-0.3, -0.25) is 0 Å². The van der Waals surface area contributed by atoms with Crippen LogP contribution in [0.2, 0.25) is 0 Å². The van der Waals surface area contributed by atoms with E-state index in [2.05, 4.69) is 44.3 Å². The van der Waals surface area contributed by atoms with Gasteiger partial charge in [-0.25, -0.2) is 0 Å². The smallest absolute Gasteiger partial charge is 0.146 e. The van der Waals surface area contributed by atoms with Gasteiger partial charge in [0.15, 0.2) is 0 Å². The van der Waals surface area contributed by atoms with E-state index in [9.17, 15) is 0 Å². The Labute approximate surface area is 127 Å². The largest absolute Gasteiger partial charge is 0.486 e. The van der Waals surface area contributed by atoms with Crippen LogP contribution in [0.5, 0.6) is 5.75 Å². The lowest BCUT2D eigenvalue weighted by molar-refractivity contribution is 0.267. The van der Waals surface area contributed by atoms with E-state index in [4.69, 9.17) is 9.15 Å². The van der Waals surface area contributed by atoms with Gasteiger partial charge in [-0.2, -0.15) is 0 Å². The van der Waals surface area contributed by atoms with Gasteiger partial charge in [0.05, 0.1) is 0 Å². The molecule has 3 nitrogen and oxygen atoms in total. The Kier molecular flexibility index (Phi) is 5.45. The van der Waals surface area contributed by atoms with E-state index in [1.165, 1.54) is 11.1 Å². The van der Waals surface area contributed by atoms with Crippen molar-refractivity contribution in [2.75, 3.05) is 6.54 Å². The molecule has 1 aromatic heterocycles. The zero-order valence-electron chi connectivity index (χ0n) is 13.4. The molecule has 0 fully saturated rings. The molecule has 0 aliphatic rings. The monoisotopic (exact) mass is 287 g/mol. The first kappa shape index (κ1) is 15.6. The van der Waals surface area contributed by atoms with Gasteiger partial charge in [0.1, 0.15) is 23.9 Å². The predicted octanol–water partition coefficient (Wildman–Crippen LogP) is 4.40. The van der Waals surface area contributed by atoms with Crippen molar-refractivity contribution in [3.8, 4) is 5.75 Å². The van der Waals surface area contributed by atoms with E-state index in [1.807, 2.05) is 19.1 Å². The first-order valence-corrected chi connectivity index (χ1v) is 7.61. The summed E-state index contributed by atoms with van der Waals surface area (Å²) in [4.78, 5) is 0. The second-order valence-electron chi connectivity index (χ2n) is 5.59. The molecular formula is C18H25NO2. The Hall–Kier alpha value is -1.74. The third-order valence-electron chi connectivity index (χ3n) is 3.54. The molecular weight excluding hydrogens is 262 g/mol. The van der Waals surface area contributed by atoms with Crippen molar-refractivity contribution >= 4 is 0 Å². The van der Waals surface area contributed by atoms with Crippen LogP contribution in [0.25, 0.3) is 0 Å². The fourth-order valence-electron chi connectivity index (χ4n) is 2.21. The molecule has 21 heavy (non-hydrogen) atoms. The molecule has 0 aliphatic heterocycles. The van der Waals surface area contributed by atoms with E-state index in [0.29, 0.717) is 12.5 Å². The third-order valence-corrected chi connectivity index (χ3v) is 3.54. The van der Waals surface area contributed by atoms with Crippen LogP contribution in [-0.2, 0) is 13.2 Å². The van der Waals surface area contributed by atoms with Crippen molar-refractivity contribution in [2.24, 2.45) is 0 Å². The Morgan fingerprint density at radius 3 is 2.76 bits per heavy atom. The van der Waals surface area contributed by atoms with E-state index >= 15 is 0 Å². The van der Waals surface area contributed by atoms with Crippen LogP contribution in [0.15, 0.2) is 34.7 Å². The highest BCUT2D eigenvalue weighted by Gasteiger charge is 2.08. The maximum Gasteiger partial charge on any atom is 0.146 e. The maximum absolute atomic E-state index is 5.84. The zero-order valence-corrected chi connectivity index (χ0v) is 13.4. The van der Waals surface area contributed by atoms with Crippen molar-refractivity contribution < 1.29 is 9.15 Å². The van der Waals surface area contributed by atoms with E-state index < -0.39 is 0 Å². The number of ether oxygens (including phenoxy) is 1. The molecule has 0 saturated carbocycles. The molecule has 1 aromatic carbocycles. The lowest BCUT2D eigenvalue weighted by Gasteiger charge is -2.08. The number of rotatable bonds is 7. The lowest BCUT2D eigenvalue weighted by Crippen LogP contribution is -2.11. The lowest BCUT2D eigenvalue weighted by atomic mass is 10.0. The second kappa shape index (κ2) is 7.32. The summed E-state index contributed by atoms with van der Waals surface area (Å²) >= 11 is 0. The molecule has 3 heteroatoms. The van der Waals surface area contributed by atoms with Gasteiger partial charge in [-0.15, -0.1) is 0 Å².